The Balaban J connectivity index is 1.70. The highest BCUT2D eigenvalue weighted by Crippen LogP contribution is 2.27. The molecule has 1 atom stereocenters. The number of aromatic nitrogens is 3. The highest BCUT2D eigenvalue weighted by atomic mass is 35.5. The molecular weight excluding hydrogens is 406 g/mol. The molecule has 2 aromatic carbocycles. The molecule has 3 aromatic rings. The molecule has 7 heteroatoms. The van der Waals surface area contributed by atoms with Gasteiger partial charge in [-0.3, -0.25) is 4.79 Å². The van der Waals surface area contributed by atoms with Gasteiger partial charge >= 0.3 is 0 Å². The molecule has 1 heterocycles. The summed E-state index contributed by atoms with van der Waals surface area (Å²) in [5, 5.41) is 9.37. The van der Waals surface area contributed by atoms with Gasteiger partial charge in [-0.1, -0.05) is 41.6 Å². The quantitative estimate of drug-likeness (QED) is 0.375. The van der Waals surface area contributed by atoms with Gasteiger partial charge in [0.25, 0.3) is 0 Å². The molecule has 29 heavy (non-hydrogen) atoms. The zero-order valence-corrected chi connectivity index (χ0v) is 18.8. The molecule has 0 spiro atoms. The van der Waals surface area contributed by atoms with Crippen molar-refractivity contribution >= 4 is 29.1 Å². The maximum Gasteiger partial charge on any atom is 0.191 e. The van der Waals surface area contributed by atoms with E-state index in [0.29, 0.717) is 21.8 Å². The van der Waals surface area contributed by atoms with E-state index in [9.17, 15) is 4.79 Å². The average Bonchev–Trinajstić information content (AvgIpc) is 3.03. The number of carbonyl (C=O) groups is 1. The van der Waals surface area contributed by atoms with Gasteiger partial charge in [0.05, 0.1) is 10.3 Å². The molecule has 0 fully saturated rings. The fraction of sp³-hybridized carbons (Fsp3) is 0.318. The Hall–Kier alpha value is -2.31. The van der Waals surface area contributed by atoms with Crippen molar-refractivity contribution in [2.45, 2.75) is 44.7 Å². The third kappa shape index (κ3) is 4.82. The number of para-hydroxylation sites is 1. The van der Waals surface area contributed by atoms with Crippen LogP contribution in [-0.4, -0.2) is 25.8 Å². The monoisotopic (exact) mass is 429 g/mol. The normalized spacial score (nSPS) is 12.1. The van der Waals surface area contributed by atoms with E-state index in [1.54, 1.807) is 12.1 Å². The number of benzene rings is 2. The molecule has 152 valence electrons. The van der Waals surface area contributed by atoms with Crippen LogP contribution in [0.3, 0.4) is 0 Å². The number of carbonyl (C=O) groups excluding carboxylic acids is 1. The molecule has 0 radical (unpaired) electrons. The minimum Gasteiger partial charge on any atom is -0.484 e. The van der Waals surface area contributed by atoms with Crippen LogP contribution in [0, 0.1) is 20.8 Å². The van der Waals surface area contributed by atoms with Crippen LogP contribution in [0.25, 0.3) is 0 Å². The summed E-state index contributed by atoms with van der Waals surface area (Å²) in [5.41, 5.74) is 4.07. The maximum atomic E-state index is 13.0. The minimum absolute atomic E-state index is 0.0902. The first-order chi connectivity index (χ1) is 13.8. The van der Waals surface area contributed by atoms with E-state index < -0.39 is 0 Å². The van der Waals surface area contributed by atoms with Crippen molar-refractivity contribution in [2.75, 3.05) is 0 Å². The third-order valence-electron chi connectivity index (χ3n) is 4.88. The maximum absolute atomic E-state index is 13.0. The molecule has 3 rings (SSSR count). The third-order valence-corrected chi connectivity index (χ3v) is 6.32. The summed E-state index contributed by atoms with van der Waals surface area (Å²) in [6, 6.07) is 11.3. The Morgan fingerprint density at radius 3 is 2.55 bits per heavy atom. The molecule has 0 bridgehead atoms. The Bertz CT molecular complexity index is 1050. The predicted octanol–water partition coefficient (Wildman–Crippen LogP) is 5.34. The number of aryl methyl sites for hydroxylation is 3. The highest BCUT2D eigenvalue weighted by Gasteiger charge is 2.22. The Labute approximate surface area is 180 Å². The van der Waals surface area contributed by atoms with Crippen molar-refractivity contribution in [1.82, 2.24) is 14.8 Å². The second-order valence-electron chi connectivity index (χ2n) is 7.05. The number of halogens is 1. The van der Waals surface area contributed by atoms with Gasteiger partial charge in [-0.05, 0) is 62.6 Å². The molecule has 0 N–H and O–H groups in total. The Morgan fingerprint density at radius 1 is 1.14 bits per heavy atom. The van der Waals surface area contributed by atoms with Gasteiger partial charge < -0.3 is 9.30 Å². The van der Waals surface area contributed by atoms with Gasteiger partial charge in [-0.2, -0.15) is 0 Å². The van der Waals surface area contributed by atoms with Crippen molar-refractivity contribution < 1.29 is 9.53 Å². The standard InChI is InChI=1S/C22H24ClN3O2S/c1-13-10-15(3)17(11-14(13)2)21(27)16(4)29-22-25-24-20(26(22)5)12-28-19-9-7-6-8-18(19)23/h6-11,16H,12H2,1-5H3. The molecule has 0 saturated heterocycles. The van der Waals surface area contributed by atoms with Gasteiger partial charge in [0.2, 0.25) is 0 Å². The molecule has 0 saturated carbocycles. The molecule has 0 aliphatic carbocycles. The van der Waals surface area contributed by atoms with Crippen LogP contribution in [0.5, 0.6) is 5.75 Å². The molecule has 0 amide bonds. The number of rotatable bonds is 7. The van der Waals surface area contributed by atoms with Gasteiger partial charge in [0.15, 0.2) is 16.8 Å². The lowest BCUT2D eigenvalue weighted by Crippen LogP contribution is -2.16. The summed E-state index contributed by atoms with van der Waals surface area (Å²) in [4.78, 5) is 13.0. The first-order valence-corrected chi connectivity index (χ1v) is 10.6. The van der Waals surface area contributed by atoms with E-state index >= 15 is 0 Å². The number of nitrogens with zero attached hydrogens (tertiary/aromatic N) is 3. The summed E-state index contributed by atoms with van der Waals surface area (Å²) in [6.45, 7) is 8.20. The second-order valence-corrected chi connectivity index (χ2v) is 8.77. The molecule has 1 aromatic heterocycles. The number of ether oxygens (including phenoxy) is 1. The van der Waals surface area contributed by atoms with E-state index in [-0.39, 0.29) is 17.6 Å². The molecule has 1 unspecified atom stereocenters. The lowest BCUT2D eigenvalue weighted by atomic mass is 9.97. The Kier molecular flexibility index (Phi) is 6.65. The van der Waals surface area contributed by atoms with E-state index in [1.165, 1.54) is 17.3 Å². The molecule has 0 aliphatic heterocycles. The summed E-state index contributed by atoms with van der Waals surface area (Å²) < 4.78 is 7.59. The van der Waals surface area contributed by atoms with Crippen LogP contribution >= 0.6 is 23.4 Å². The van der Waals surface area contributed by atoms with Gasteiger partial charge in [-0.25, -0.2) is 0 Å². The number of ketones is 1. The van der Waals surface area contributed by atoms with Gasteiger partial charge in [0.1, 0.15) is 12.4 Å². The summed E-state index contributed by atoms with van der Waals surface area (Å²) in [5.74, 6) is 1.35. The smallest absolute Gasteiger partial charge is 0.191 e. The molecule has 0 aliphatic rings. The lowest BCUT2D eigenvalue weighted by Gasteiger charge is -2.14. The minimum atomic E-state index is -0.281. The van der Waals surface area contributed by atoms with Crippen molar-refractivity contribution in [2.24, 2.45) is 7.05 Å². The van der Waals surface area contributed by atoms with E-state index in [4.69, 9.17) is 16.3 Å². The number of Topliss-reactive ketones (excluding diaryl/α,β-unsaturated/α-hetero) is 1. The average molecular weight is 430 g/mol. The SMILES string of the molecule is Cc1cc(C)c(C(=O)C(C)Sc2nnc(COc3ccccc3Cl)n2C)cc1C. The largest absolute Gasteiger partial charge is 0.484 e. The lowest BCUT2D eigenvalue weighted by molar-refractivity contribution is 0.0993. The molecular formula is C22H24ClN3O2S. The Morgan fingerprint density at radius 2 is 1.83 bits per heavy atom. The number of hydrogen-bond donors (Lipinski definition) is 0. The summed E-state index contributed by atoms with van der Waals surface area (Å²) >= 11 is 7.52. The van der Waals surface area contributed by atoms with Gasteiger partial charge in [-0.15, -0.1) is 10.2 Å². The number of thioether (sulfide) groups is 1. The van der Waals surface area contributed by atoms with Crippen molar-refractivity contribution in [3.8, 4) is 5.75 Å². The first-order valence-electron chi connectivity index (χ1n) is 9.32. The van der Waals surface area contributed by atoms with Crippen LogP contribution in [0.1, 0.15) is 39.8 Å². The zero-order chi connectivity index (χ0) is 21.1. The number of hydrogen-bond acceptors (Lipinski definition) is 5. The first kappa shape index (κ1) is 21.4. The van der Waals surface area contributed by atoms with E-state index in [2.05, 4.69) is 23.2 Å². The summed E-state index contributed by atoms with van der Waals surface area (Å²) in [6.07, 6.45) is 0. The molecule has 5 nitrogen and oxygen atoms in total. The fourth-order valence-electron chi connectivity index (χ4n) is 2.93. The summed E-state index contributed by atoms with van der Waals surface area (Å²) in [7, 11) is 1.87. The predicted molar refractivity (Wildman–Crippen MR) is 117 cm³/mol. The van der Waals surface area contributed by atoms with E-state index in [1.807, 2.05) is 50.6 Å². The second kappa shape index (κ2) is 9.01. The van der Waals surface area contributed by atoms with Crippen LogP contribution < -0.4 is 4.74 Å². The van der Waals surface area contributed by atoms with Crippen molar-refractivity contribution in [1.29, 1.82) is 0 Å². The fourth-order valence-corrected chi connectivity index (χ4v) is 4.03. The van der Waals surface area contributed by atoms with Crippen molar-refractivity contribution in [3.63, 3.8) is 0 Å². The van der Waals surface area contributed by atoms with Crippen LogP contribution in [-0.2, 0) is 13.7 Å². The van der Waals surface area contributed by atoms with Gasteiger partial charge in [0, 0.05) is 12.6 Å². The van der Waals surface area contributed by atoms with E-state index in [0.717, 1.165) is 16.7 Å². The van der Waals surface area contributed by atoms with Crippen molar-refractivity contribution in [3.05, 3.63) is 69.5 Å². The van der Waals surface area contributed by atoms with Crippen LogP contribution in [0.4, 0.5) is 0 Å². The zero-order valence-electron chi connectivity index (χ0n) is 17.2. The van der Waals surface area contributed by atoms with Crippen LogP contribution in [0.15, 0.2) is 41.6 Å². The highest BCUT2D eigenvalue weighted by molar-refractivity contribution is 8.00. The van der Waals surface area contributed by atoms with Crippen LogP contribution in [0.2, 0.25) is 5.02 Å². The topological polar surface area (TPSA) is 57.0 Å².